The van der Waals surface area contributed by atoms with Crippen molar-refractivity contribution in [1.82, 2.24) is 9.80 Å². The van der Waals surface area contributed by atoms with Crippen LogP contribution in [0, 0.1) is 0 Å². The van der Waals surface area contributed by atoms with Crippen molar-refractivity contribution >= 4 is 17.6 Å². The Morgan fingerprint density at radius 1 is 0.917 bits per heavy atom. The van der Waals surface area contributed by atoms with Crippen molar-refractivity contribution in [3.8, 4) is 11.5 Å². The molecule has 7 nitrogen and oxygen atoms in total. The standard InChI is InChI=1S/C17H22N2O5/c1-12(20)3-4-16(23)18-5-2-6-19(8-7-18)17(24)13-9-14(21)11-15(22)10-13/h9-11,21-22H,2-8H2,1H3. The number of hydrogen-bond donors (Lipinski definition) is 2. The molecule has 1 aliphatic rings. The lowest BCUT2D eigenvalue weighted by Gasteiger charge is -2.22. The van der Waals surface area contributed by atoms with Gasteiger partial charge in [-0.05, 0) is 25.5 Å². The minimum Gasteiger partial charge on any atom is -0.508 e. The van der Waals surface area contributed by atoms with E-state index in [1.165, 1.54) is 19.1 Å². The normalized spacial score (nSPS) is 15.0. The first kappa shape index (κ1) is 17.8. The van der Waals surface area contributed by atoms with Crippen LogP contribution in [-0.4, -0.2) is 63.8 Å². The molecule has 1 saturated heterocycles. The van der Waals surface area contributed by atoms with Gasteiger partial charge < -0.3 is 24.8 Å². The maximum atomic E-state index is 12.5. The van der Waals surface area contributed by atoms with Crippen LogP contribution < -0.4 is 0 Å². The van der Waals surface area contributed by atoms with Crippen LogP contribution in [0.15, 0.2) is 18.2 Å². The highest BCUT2D eigenvalue weighted by molar-refractivity contribution is 5.95. The van der Waals surface area contributed by atoms with E-state index in [1.54, 1.807) is 9.80 Å². The molecule has 130 valence electrons. The highest BCUT2D eigenvalue weighted by Gasteiger charge is 2.23. The van der Waals surface area contributed by atoms with Crippen molar-refractivity contribution in [2.45, 2.75) is 26.2 Å². The number of amides is 2. The number of phenolic OH excluding ortho intramolecular Hbond substituents is 2. The number of phenols is 2. The number of benzene rings is 1. The molecule has 1 aromatic rings. The van der Waals surface area contributed by atoms with Gasteiger partial charge in [-0.15, -0.1) is 0 Å². The topological polar surface area (TPSA) is 98.2 Å². The van der Waals surface area contributed by atoms with Gasteiger partial charge in [-0.25, -0.2) is 0 Å². The predicted molar refractivity (Wildman–Crippen MR) is 86.8 cm³/mol. The molecule has 2 N–H and O–H groups in total. The molecule has 1 aromatic carbocycles. The van der Waals surface area contributed by atoms with Gasteiger partial charge in [0.1, 0.15) is 17.3 Å². The number of Topliss-reactive ketones (excluding diaryl/α,β-unsaturated/α-hetero) is 1. The minimum absolute atomic E-state index is 0.0151. The van der Waals surface area contributed by atoms with Crippen LogP contribution in [0.5, 0.6) is 11.5 Å². The van der Waals surface area contributed by atoms with Gasteiger partial charge in [0.15, 0.2) is 0 Å². The molecule has 1 fully saturated rings. The second-order valence-corrected chi connectivity index (χ2v) is 5.97. The van der Waals surface area contributed by atoms with Gasteiger partial charge in [0, 0.05) is 50.7 Å². The van der Waals surface area contributed by atoms with Gasteiger partial charge in [-0.2, -0.15) is 0 Å². The maximum Gasteiger partial charge on any atom is 0.254 e. The number of aromatic hydroxyl groups is 2. The Bertz CT molecular complexity index is 624. The summed E-state index contributed by atoms with van der Waals surface area (Å²) in [6.07, 6.45) is 1.08. The van der Waals surface area contributed by atoms with E-state index >= 15 is 0 Å². The lowest BCUT2D eigenvalue weighted by molar-refractivity contribution is -0.132. The second-order valence-electron chi connectivity index (χ2n) is 5.97. The fourth-order valence-corrected chi connectivity index (χ4v) is 2.71. The zero-order valence-corrected chi connectivity index (χ0v) is 13.7. The molecule has 0 aliphatic carbocycles. The van der Waals surface area contributed by atoms with Gasteiger partial charge in [0.2, 0.25) is 5.91 Å². The molecule has 1 heterocycles. The summed E-state index contributed by atoms with van der Waals surface area (Å²) in [6.45, 7) is 3.28. The van der Waals surface area contributed by atoms with Crippen LogP contribution in [0.3, 0.4) is 0 Å². The molecule has 1 aliphatic heterocycles. The van der Waals surface area contributed by atoms with E-state index in [0.717, 1.165) is 6.07 Å². The molecule has 2 amide bonds. The van der Waals surface area contributed by atoms with Crippen LogP contribution in [0.2, 0.25) is 0 Å². The fraction of sp³-hybridized carbons (Fsp3) is 0.471. The summed E-state index contributed by atoms with van der Waals surface area (Å²) in [6, 6.07) is 3.78. The number of nitrogens with zero attached hydrogens (tertiary/aromatic N) is 2. The maximum absolute atomic E-state index is 12.5. The average Bonchev–Trinajstić information content (AvgIpc) is 2.77. The number of rotatable bonds is 4. The van der Waals surface area contributed by atoms with Gasteiger partial charge in [0.05, 0.1) is 0 Å². The third kappa shape index (κ3) is 4.71. The largest absolute Gasteiger partial charge is 0.508 e. The zero-order chi connectivity index (χ0) is 17.7. The molecule has 2 rings (SSSR count). The van der Waals surface area contributed by atoms with E-state index in [1.807, 2.05) is 0 Å². The van der Waals surface area contributed by atoms with Crippen molar-refractivity contribution in [3.05, 3.63) is 23.8 Å². The van der Waals surface area contributed by atoms with Crippen LogP contribution in [0.4, 0.5) is 0 Å². The molecule has 0 bridgehead atoms. The SMILES string of the molecule is CC(=O)CCC(=O)N1CCCN(C(=O)c2cc(O)cc(O)c2)CC1. The van der Waals surface area contributed by atoms with Crippen molar-refractivity contribution in [1.29, 1.82) is 0 Å². The molecule has 0 saturated carbocycles. The van der Waals surface area contributed by atoms with E-state index in [-0.39, 0.29) is 47.5 Å². The van der Waals surface area contributed by atoms with Gasteiger partial charge in [0.25, 0.3) is 5.91 Å². The first-order valence-corrected chi connectivity index (χ1v) is 7.96. The lowest BCUT2D eigenvalue weighted by Crippen LogP contribution is -2.37. The summed E-state index contributed by atoms with van der Waals surface area (Å²) in [7, 11) is 0. The van der Waals surface area contributed by atoms with Crippen LogP contribution in [0.25, 0.3) is 0 Å². The number of ketones is 1. The molecule has 0 atom stereocenters. The van der Waals surface area contributed by atoms with Crippen molar-refractivity contribution in [3.63, 3.8) is 0 Å². The van der Waals surface area contributed by atoms with Crippen LogP contribution in [-0.2, 0) is 9.59 Å². The summed E-state index contributed by atoms with van der Waals surface area (Å²) in [5.74, 6) is -0.726. The number of hydrogen-bond acceptors (Lipinski definition) is 5. The fourth-order valence-electron chi connectivity index (χ4n) is 2.71. The summed E-state index contributed by atoms with van der Waals surface area (Å²) < 4.78 is 0. The summed E-state index contributed by atoms with van der Waals surface area (Å²) >= 11 is 0. The Kier molecular flexibility index (Phi) is 5.78. The van der Waals surface area contributed by atoms with E-state index in [0.29, 0.717) is 32.6 Å². The molecular formula is C17H22N2O5. The zero-order valence-electron chi connectivity index (χ0n) is 13.7. The Labute approximate surface area is 140 Å². The van der Waals surface area contributed by atoms with Gasteiger partial charge in [-0.1, -0.05) is 0 Å². The summed E-state index contributed by atoms with van der Waals surface area (Å²) in [4.78, 5) is 38.9. The molecule has 0 aromatic heterocycles. The Morgan fingerprint density at radius 2 is 1.50 bits per heavy atom. The molecule has 0 unspecified atom stereocenters. The Morgan fingerprint density at radius 3 is 2.12 bits per heavy atom. The Balaban J connectivity index is 1.98. The highest BCUT2D eigenvalue weighted by atomic mass is 16.3. The lowest BCUT2D eigenvalue weighted by atomic mass is 10.1. The predicted octanol–water partition coefficient (Wildman–Crippen LogP) is 1.14. The molecule has 0 radical (unpaired) electrons. The summed E-state index contributed by atoms with van der Waals surface area (Å²) in [5.41, 5.74) is 0.212. The molecule has 0 spiro atoms. The van der Waals surface area contributed by atoms with Gasteiger partial charge in [-0.3, -0.25) is 9.59 Å². The summed E-state index contributed by atoms with van der Waals surface area (Å²) in [5, 5.41) is 19.0. The van der Waals surface area contributed by atoms with Gasteiger partial charge >= 0.3 is 0 Å². The quantitative estimate of drug-likeness (QED) is 0.860. The Hall–Kier alpha value is -2.57. The average molecular weight is 334 g/mol. The third-order valence-corrected chi connectivity index (χ3v) is 3.98. The smallest absolute Gasteiger partial charge is 0.254 e. The van der Waals surface area contributed by atoms with Crippen molar-refractivity contribution < 1.29 is 24.6 Å². The number of carbonyl (C=O) groups is 3. The van der Waals surface area contributed by atoms with E-state index in [9.17, 15) is 24.6 Å². The van der Waals surface area contributed by atoms with E-state index < -0.39 is 0 Å². The molecule has 24 heavy (non-hydrogen) atoms. The second kappa shape index (κ2) is 7.81. The first-order chi connectivity index (χ1) is 11.4. The van der Waals surface area contributed by atoms with Crippen LogP contribution >= 0.6 is 0 Å². The number of carbonyl (C=O) groups excluding carboxylic acids is 3. The van der Waals surface area contributed by atoms with Crippen molar-refractivity contribution in [2.24, 2.45) is 0 Å². The van der Waals surface area contributed by atoms with Crippen molar-refractivity contribution in [2.75, 3.05) is 26.2 Å². The molecule has 7 heteroatoms. The first-order valence-electron chi connectivity index (χ1n) is 7.96. The van der Waals surface area contributed by atoms with E-state index in [4.69, 9.17) is 0 Å². The minimum atomic E-state index is -0.292. The molecular weight excluding hydrogens is 312 g/mol. The highest BCUT2D eigenvalue weighted by Crippen LogP contribution is 2.22. The third-order valence-electron chi connectivity index (χ3n) is 3.98. The van der Waals surface area contributed by atoms with Crippen LogP contribution in [0.1, 0.15) is 36.5 Å². The van der Waals surface area contributed by atoms with E-state index in [2.05, 4.69) is 0 Å². The monoisotopic (exact) mass is 334 g/mol.